The number of benzene rings is 1. The summed E-state index contributed by atoms with van der Waals surface area (Å²) in [6.07, 6.45) is 2.39. The molecular weight excluding hydrogens is 252 g/mol. The van der Waals surface area contributed by atoms with Crippen LogP contribution in [0, 0.1) is 0 Å². The zero-order valence-corrected chi connectivity index (χ0v) is 12.7. The van der Waals surface area contributed by atoms with Crippen LogP contribution in [0.2, 0.25) is 0 Å². The van der Waals surface area contributed by atoms with Crippen LogP contribution in [-0.2, 0) is 6.54 Å². The molecule has 1 aliphatic rings. The van der Waals surface area contributed by atoms with Crippen molar-refractivity contribution in [2.75, 3.05) is 20.2 Å². The lowest BCUT2D eigenvalue weighted by Gasteiger charge is -2.35. The number of rotatable bonds is 5. The second kappa shape index (κ2) is 6.95. The molecule has 0 spiro atoms. The predicted molar refractivity (Wildman–Crippen MR) is 81.2 cm³/mol. The zero-order chi connectivity index (χ0) is 14.5. The third kappa shape index (κ3) is 3.87. The van der Waals surface area contributed by atoms with E-state index in [1.807, 2.05) is 12.1 Å². The first-order valence-electron chi connectivity index (χ1n) is 7.43. The first-order valence-corrected chi connectivity index (χ1v) is 7.43. The third-order valence-electron chi connectivity index (χ3n) is 4.10. The molecule has 4 nitrogen and oxygen atoms in total. The Kier molecular flexibility index (Phi) is 5.26. The van der Waals surface area contributed by atoms with Gasteiger partial charge in [0.15, 0.2) is 11.5 Å². The van der Waals surface area contributed by atoms with Crippen molar-refractivity contribution in [3.8, 4) is 11.5 Å². The van der Waals surface area contributed by atoms with Gasteiger partial charge in [-0.3, -0.25) is 0 Å². The monoisotopic (exact) mass is 278 g/mol. The van der Waals surface area contributed by atoms with Crippen molar-refractivity contribution in [1.82, 2.24) is 10.2 Å². The molecule has 1 aliphatic heterocycles. The number of aromatic hydroxyl groups is 1. The van der Waals surface area contributed by atoms with Crippen LogP contribution in [0.1, 0.15) is 32.3 Å². The van der Waals surface area contributed by atoms with E-state index in [-0.39, 0.29) is 5.75 Å². The molecule has 0 bridgehead atoms. The van der Waals surface area contributed by atoms with E-state index >= 15 is 0 Å². The maximum absolute atomic E-state index is 9.76. The molecule has 4 heteroatoms. The Morgan fingerprint density at radius 3 is 2.60 bits per heavy atom. The molecule has 0 aromatic heterocycles. The fraction of sp³-hybridized carbons (Fsp3) is 0.625. The van der Waals surface area contributed by atoms with Crippen molar-refractivity contribution in [2.45, 2.75) is 45.3 Å². The van der Waals surface area contributed by atoms with Crippen LogP contribution in [-0.4, -0.2) is 42.3 Å². The molecule has 0 unspecified atom stereocenters. The van der Waals surface area contributed by atoms with Crippen LogP contribution in [0.4, 0.5) is 0 Å². The van der Waals surface area contributed by atoms with Crippen molar-refractivity contribution in [1.29, 1.82) is 0 Å². The summed E-state index contributed by atoms with van der Waals surface area (Å²) in [6, 6.07) is 6.81. The highest BCUT2D eigenvalue weighted by Gasteiger charge is 2.20. The Balaban J connectivity index is 1.80. The Bertz CT molecular complexity index is 426. The van der Waals surface area contributed by atoms with Crippen LogP contribution in [0.5, 0.6) is 11.5 Å². The van der Waals surface area contributed by atoms with E-state index in [1.54, 1.807) is 13.2 Å². The van der Waals surface area contributed by atoms with Gasteiger partial charge in [-0.05, 0) is 57.5 Å². The topological polar surface area (TPSA) is 44.7 Å². The predicted octanol–water partition coefficient (Wildman–Crippen LogP) is 2.36. The molecule has 0 aliphatic carbocycles. The number of likely N-dealkylation sites (tertiary alicyclic amines) is 1. The minimum atomic E-state index is 0.210. The number of phenolic OH excluding ortho intramolecular Hbond substituents is 1. The van der Waals surface area contributed by atoms with Gasteiger partial charge in [-0.2, -0.15) is 0 Å². The summed E-state index contributed by atoms with van der Waals surface area (Å²) < 4.78 is 5.05. The first-order chi connectivity index (χ1) is 9.60. The number of hydrogen-bond acceptors (Lipinski definition) is 4. The van der Waals surface area contributed by atoms with Gasteiger partial charge in [-0.1, -0.05) is 6.07 Å². The van der Waals surface area contributed by atoms with Crippen LogP contribution >= 0.6 is 0 Å². The summed E-state index contributed by atoms with van der Waals surface area (Å²) in [4.78, 5) is 2.53. The Morgan fingerprint density at radius 1 is 1.35 bits per heavy atom. The summed E-state index contributed by atoms with van der Waals surface area (Å²) >= 11 is 0. The molecule has 2 N–H and O–H groups in total. The Labute approximate surface area is 121 Å². The number of nitrogens with zero attached hydrogens (tertiary/aromatic N) is 1. The van der Waals surface area contributed by atoms with Gasteiger partial charge in [0.2, 0.25) is 0 Å². The van der Waals surface area contributed by atoms with Crippen molar-refractivity contribution in [2.24, 2.45) is 0 Å². The van der Waals surface area contributed by atoms with Crippen molar-refractivity contribution < 1.29 is 9.84 Å². The SMILES string of the molecule is COc1ccc(CNC2CCN(C(C)C)CC2)cc1O. The lowest BCUT2D eigenvalue weighted by Crippen LogP contribution is -2.44. The molecule has 2 rings (SSSR count). The number of methoxy groups -OCH3 is 1. The van der Waals surface area contributed by atoms with Crippen LogP contribution in [0.3, 0.4) is 0 Å². The van der Waals surface area contributed by atoms with E-state index in [4.69, 9.17) is 4.74 Å². The molecule has 1 aromatic rings. The van der Waals surface area contributed by atoms with Gasteiger partial charge in [0.25, 0.3) is 0 Å². The van der Waals surface area contributed by atoms with Crippen LogP contribution < -0.4 is 10.1 Å². The fourth-order valence-electron chi connectivity index (χ4n) is 2.73. The molecule has 1 heterocycles. The van der Waals surface area contributed by atoms with Gasteiger partial charge >= 0.3 is 0 Å². The van der Waals surface area contributed by atoms with E-state index in [9.17, 15) is 5.11 Å². The quantitative estimate of drug-likeness (QED) is 0.868. The first kappa shape index (κ1) is 15.1. The zero-order valence-electron chi connectivity index (χ0n) is 12.7. The maximum Gasteiger partial charge on any atom is 0.160 e. The van der Waals surface area contributed by atoms with E-state index < -0.39 is 0 Å². The van der Waals surface area contributed by atoms with E-state index in [0.29, 0.717) is 17.8 Å². The number of piperidine rings is 1. The second-order valence-electron chi connectivity index (χ2n) is 5.79. The van der Waals surface area contributed by atoms with E-state index in [2.05, 4.69) is 24.1 Å². The highest BCUT2D eigenvalue weighted by Crippen LogP contribution is 2.26. The van der Waals surface area contributed by atoms with Crippen LogP contribution in [0.25, 0.3) is 0 Å². The lowest BCUT2D eigenvalue weighted by molar-refractivity contribution is 0.161. The maximum atomic E-state index is 9.76. The van der Waals surface area contributed by atoms with Gasteiger partial charge in [-0.15, -0.1) is 0 Å². The van der Waals surface area contributed by atoms with Crippen molar-refractivity contribution in [3.05, 3.63) is 23.8 Å². The summed E-state index contributed by atoms with van der Waals surface area (Å²) in [7, 11) is 1.56. The average molecular weight is 278 g/mol. The molecule has 0 amide bonds. The van der Waals surface area contributed by atoms with Gasteiger partial charge < -0.3 is 20.1 Å². The average Bonchev–Trinajstić information content (AvgIpc) is 2.45. The summed E-state index contributed by atoms with van der Waals surface area (Å²) in [6.45, 7) is 7.65. The van der Waals surface area contributed by atoms with E-state index in [1.165, 1.54) is 25.9 Å². The normalized spacial score (nSPS) is 17.6. The van der Waals surface area contributed by atoms with Crippen molar-refractivity contribution in [3.63, 3.8) is 0 Å². The number of hydrogen-bond donors (Lipinski definition) is 2. The summed E-state index contributed by atoms with van der Waals surface area (Å²) in [5.74, 6) is 0.736. The minimum absolute atomic E-state index is 0.210. The van der Waals surface area contributed by atoms with Gasteiger partial charge in [0.1, 0.15) is 0 Å². The van der Waals surface area contributed by atoms with Gasteiger partial charge in [0, 0.05) is 18.6 Å². The smallest absolute Gasteiger partial charge is 0.160 e. The number of phenols is 1. The highest BCUT2D eigenvalue weighted by molar-refractivity contribution is 5.41. The highest BCUT2D eigenvalue weighted by atomic mass is 16.5. The second-order valence-corrected chi connectivity index (χ2v) is 5.79. The van der Waals surface area contributed by atoms with Gasteiger partial charge in [0.05, 0.1) is 7.11 Å². The minimum Gasteiger partial charge on any atom is -0.504 e. The largest absolute Gasteiger partial charge is 0.504 e. The van der Waals surface area contributed by atoms with Crippen molar-refractivity contribution >= 4 is 0 Å². The fourth-order valence-corrected chi connectivity index (χ4v) is 2.73. The Morgan fingerprint density at radius 2 is 2.05 bits per heavy atom. The summed E-state index contributed by atoms with van der Waals surface area (Å²) in [5, 5.41) is 13.3. The van der Waals surface area contributed by atoms with Crippen LogP contribution in [0.15, 0.2) is 18.2 Å². The molecule has 0 radical (unpaired) electrons. The Hall–Kier alpha value is -1.26. The molecule has 1 aromatic carbocycles. The molecule has 112 valence electrons. The number of ether oxygens (including phenoxy) is 1. The van der Waals surface area contributed by atoms with E-state index in [0.717, 1.165) is 12.1 Å². The molecule has 0 saturated carbocycles. The molecule has 1 saturated heterocycles. The molecule has 1 fully saturated rings. The molecule has 20 heavy (non-hydrogen) atoms. The standard InChI is InChI=1S/C16H26N2O2/c1-12(2)18-8-6-14(7-9-18)17-11-13-4-5-16(20-3)15(19)10-13/h4-5,10,12,14,17,19H,6-9,11H2,1-3H3. The number of nitrogens with one attached hydrogen (secondary N) is 1. The lowest BCUT2D eigenvalue weighted by atomic mass is 10.0. The summed E-state index contributed by atoms with van der Waals surface area (Å²) in [5.41, 5.74) is 1.09. The van der Waals surface area contributed by atoms with Gasteiger partial charge in [-0.25, -0.2) is 0 Å². The third-order valence-corrected chi connectivity index (χ3v) is 4.10. The molecular formula is C16H26N2O2. The molecule has 0 atom stereocenters.